The van der Waals surface area contributed by atoms with E-state index in [-0.39, 0.29) is 12.1 Å². The standard InChI is InChI=1S/C22H24N4O3/c1-14-6-7-15(2)18(13-14)23-22(27)26-12-4-5-19(26)21-24-20(25-29-21)16-8-10-17(28-3)11-9-16/h6-11,13,19H,4-5,12H2,1-3H3,(H,23,27)/t19-/m1/s1. The van der Waals surface area contributed by atoms with Crippen LogP contribution in [-0.2, 0) is 0 Å². The minimum Gasteiger partial charge on any atom is -0.497 e. The molecular formula is C22H24N4O3. The van der Waals surface area contributed by atoms with E-state index in [1.54, 1.807) is 12.0 Å². The Morgan fingerprint density at radius 2 is 2.00 bits per heavy atom. The minimum atomic E-state index is -0.223. The van der Waals surface area contributed by atoms with Crippen LogP contribution in [0, 0.1) is 13.8 Å². The Balaban J connectivity index is 1.51. The number of amides is 2. The molecule has 0 unspecified atom stereocenters. The number of hydrogen-bond donors (Lipinski definition) is 1. The number of nitrogens with zero attached hydrogens (tertiary/aromatic N) is 3. The molecule has 1 aliphatic heterocycles. The Kier molecular flexibility index (Phi) is 5.20. The molecule has 1 N–H and O–H groups in total. The number of aryl methyl sites for hydroxylation is 2. The number of urea groups is 1. The zero-order valence-electron chi connectivity index (χ0n) is 16.8. The molecule has 4 rings (SSSR count). The number of rotatable bonds is 4. The molecule has 2 amide bonds. The molecule has 7 heteroatoms. The van der Waals surface area contributed by atoms with Gasteiger partial charge in [-0.25, -0.2) is 4.79 Å². The van der Waals surface area contributed by atoms with Gasteiger partial charge in [0, 0.05) is 17.8 Å². The van der Waals surface area contributed by atoms with E-state index >= 15 is 0 Å². The van der Waals surface area contributed by atoms with Gasteiger partial charge in [-0.2, -0.15) is 4.98 Å². The number of ether oxygens (including phenoxy) is 1. The largest absolute Gasteiger partial charge is 0.497 e. The first kappa shape index (κ1) is 19.0. The van der Waals surface area contributed by atoms with Crippen LogP contribution in [0.3, 0.4) is 0 Å². The smallest absolute Gasteiger partial charge is 0.322 e. The molecule has 0 saturated carbocycles. The third-order valence-corrected chi connectivity index (χ3v) is 5.22. The molecule has 7 nitrogen and oxygen atoms in total. The fourth-order valence-electron chi connectivity index (χ4n) is 3.55. The second-order valence-electron chi connectivity index (χ2n) is 7.28. The van der Waals surface area contributed by atoms with Gasteiger partial charge in [0.25, 0.3) is 0 Å². The van der Waals surface area contributed by atoms with E-state index in [4.69, 9.17) is 9.26 Å². The summed E-state index contributed by atoms with van der Waals surface area (Å²) < 4.78 is 10.7. The second kappa shape index (κ2) is 7.95. The fraction of sp³-hybridized carbons (Fsp3) is 0.318. The molecule has 0 aliphatic carbocycles. The summed E-state index contributed by atoms with van der Waals surface area (Å²) in [6, 6.07) is 13.1. The third kappa shape index (κ3) is 3.94. The number of carbonyl (C=O) groups is 1. The summed E-state index contributed by atoms with van der Waals surface area (Å²) >= 11 is 0. The SMILES string of the molecule is COc1ccc(-c2noc([C@H]3CCCN3C(=O)Nc3cc(C)ccc3C)n2)cc1. The molecular weight excluding hydrogens is 368 g/mol. The Hall–Kier alpha value is -3.35. The van der Waals surface area contributed by atoms with Gasteiger partial charge < -0.3 is 19.5 Å². The average Bonchev–Trinajstić information content (AvgIpc) is 3.40. The minimum absolute atomic E-state index is 0.148. The van der Waals surface area contributed by atoms with Crippen LogP contribution in [0.25, 0.3) is 11.4 Å². The van der Waals surface area contributed by atoms with Crippen LogP contribution < -0.4 is 10.1 Å². The molecule has 29 heavy (non-hydrogen) atoms. The lowest BCUT2D eigenvalue weighted by atomic mass is 10.1. The average molecular weight is 392 g/mol. The van der Waals surface area contributed by atoms with Crippen molar-refractivity contribution in [2.75, 3.05) is 19.0 Å². The predicted octanol–water partition coefficient (Wildman–Crippen LogP) is 4.73. The Bertz CT molecular complexity index is 1010. The lowest BCUT2D eigenvalue weighted by Gasteiger charge is -2.23. The maximum absolute atomic E-state index is 12.9. The van der Waals surface area contributed by atoms with Gasteiger partial charge >= 0.3 is 6.03 Å². The quantitative estimate of drug-likeness (QED) is 0.694. The molecule has 1 saturated heterocycles. The monoisotopic (exact) mass is 392 g/mol. The zero-order chi connectivity index (χ0) is 20.4. The summed E-state index contributed by atoms with van der Waals surface area (Å²) in [5.74, 6) is 1.73. The topological polar surface area (TPSA) is 80.5 Å². The molecule has 0 radical (unpaired) electrons. The number of aromatic nitrogens is 2. The molecule has 0 spiro atoms. The van der Waals surface area contributed by atoms with Crippen LogP contribution >= 0.6 is 0 Å². The van der Waals surface area contributed by atoms with Gasteiger partial charge in [0.1, 0.15) is 11.8 Å². The highest BCUT2D eigenvalue weighted by molar-refractivity contribution is 5.90. The number of benzene rings is 2. The van der Waals surface area contributed by atoms with Crippen LogP contribution in [0.2, 0.25) is 0 Å². The van der Waals surface area contributed by atoms with Crippen LogP contribution in [-0.4, -0.2) is 34.7 Å². The van der Waals surface area contributed by atoms with E-state index in [1.165, 1.54) is 0 Å². The number of likely N-dealkylation sites (tertiary alicyclic amines) is 1. The van der Waals surface area contributed by atoms with Crippen molar-refractivity contribution in [2.45, 2.75) is 32.7 Å². The van der Waals surface area contributed by atoms with Gasteiger partial charge in [0.05, 0.1) is 7.11 Å². The van der Waals surface area contributed by atoms with Crippen molar-refractivity contribution in [2.24, 2.45) is 0 Å². The van der Waals surface area contributed by atoms with Crippen molar-refractivity contribution in [1.82, 2.24) is 15.0 Å². The van der Waals surface area contributed by atoms with E-state index in [2.05, 4.69) is 15.5 Å². The fourth-order valence-corrected chi connectivity index (χ4v) is 3.55. The summed E-state index contributed by atoms with van der Waals surface area (Å²) in [6.07, 6.45) is 1.69. The molecule has 1 aromatic heterocycles. The molecule has 3 aromatic rings. The molecule has 0 bridgehead atoms. The number of hydrogen-bond acceptors (Lipinski definition) is 5. The lowest BCUT2D eigenvalue weighted by molar-refractivity contribution is 0.193. The lowest BCUT2D eigenvalue weighted by Crippen LogP contribution is -2.34. The van der Waals surface area contributed by atoms with Gasteiger partial charge in [-0.05, 0) is 68.1 Å². The molecule has 2 aromatic carbocycles. The van der Waals surface area contributed by atoms with E-state index in [1.807, 2.05) is 56.3 Å². The first-order chi connectivity index (χ1) is 14.0. The first-order valence-corrected chi connectivity index (χ1v) is 9.68. The summed E-state index contributed by atoms with van der Waals surface area (Å²) in [5.41, 5.74) is 3.79. The summed E-state index contributed by atoms with van der Waals surface area (Å²) in [4.78, 5) is 19.2. The molecule has 2 heterocycles. The Morgan fingerprint density at radius 1 is 1.21 bits per heavy atom. The summed E-state index contributed by atoms with van der Waals surface area (Å²) in [5, 5.41) is 7.13. The first-order valence-electron chi connectivity index (χ1n) is 9.68. The normalized spacial score (nSPS) is 16.1. The van der Waals surface area contributed by atoms with E-state index < -0.39 is 0 Å². The molecule has 1 aliphatic rings. The molecule has 1 atom stereocenters. The van der Waals surface area contributed by atoms with Crippen molar-refractivity contribution in [3.05, 3.63) is 59.5 Å². The maximum atomic E-state index is 12.9. The van der Waals surface area contributed by atoms with Crippen molar-refractivity contribution in [3.63, 3.8) is 0 Å². The van der Waals surface area contributed by atoms with Crippen LogP contribution in [0.4, 0.5) is 10.5 Å². The Labute approximate surface area is 169 Å². The van der Waals surface area contributed by atoms with Gasteiger partial charge in [-0.15, -0.1) is 0 Å². The number of nitrogens with one attached hydrogen (secondary N) is 1. The van der Waals surface area contributed by atoms with Crippen molar-refractivity contribution < 1.29 is 14.1 Å². The predicted molar refractivity (Wildman–Crippen MR) is 110 cm³/mol. The maximum Gasteiger partial charge on any atom is 0.322 e. The van der Waals surface area contributed by atoms with E-state index in [0.717, 1.165) is 41.0 Å². The number of anilines is 1. The van der Waals surface area contributed by atoms with Crippen LogP contribution in [0.15, 0.2) is 47.0 Å². The highest BCUT2D eigenvalue weighted by Gasteiger charge is 2.34. The van der Waals surface area contributed by atoms with Gasteiger partial charge in [0.2, 0.25) is 11.7 Å². The number of methoxy groups -OCH3 is 1. The second-order valence-corrected chi connectivity index (χ2v) is 7.28. The molecule has 150 valence electrons. The van der Waals surface area contributed by atoms with E-state index in [0.29, 0.717) is 18.3 Å². The highest BCUT2D eigenvalue weighted by atomic mass is 16.5. The van der Waals surface area contributed by atoms with Crippen molar-refractivity contribution in [1.29, 1.82) is 0 Å². The van der Waals surface area contributed by atoms with E-state index in [9.17, 15) is 4.79 Å². The van der Waals surface area contributed by atoms with Gasteiger partial charge in [-0.3, -0.25) is 0 Å². The zero-order valence-corrected chi connectivity index (χ0v) is 16.8. The van der Waals surface area contributed by atoms with Crippen molar-refractivity contribution in [3.8, 4) is 17.1 Å². The van der Waals surface area contributed by atoms with Crippen molar-refractivity contribution >= 4 is 11.7 Å². The van der Waals surface area contributed by atoms with Crippen LogP contribution in [0.1, 0.15) is 35.9 Å². The summed E-state index contributed by atoms with van der Waals surface area (Å²) in [6.45, 7) is 4.64. The third-order valence-electron chi connectivity index (χ3n) is 5.22. The van der Waals surface area contributed by atoms with Crippen LogP contribution in [0.5, 0.6) is 5.75 Å². The van der Waals surface area contributed by atoms with Gasteiger partial charge in [0.15, 0.2) is 0 Å². The van der Waals surface area contributed by atoms with Gasteiger partial charge in [-0.1, -0.05) is 17.3 Å². The highest BCUT2D eigenvalue weighted by Crippen LogP contribution is 2.33. The number of carbonyl (C=O) groups excluding carboxylic acids is 1. The Morgan fingerprint density at radius 3 is 2.76 bits per heavy atom. The summed E-state index contributed by atoms with van der Waals surface area (Å²) in [7, 11) is 1.62. The molecule has 1 fully saturated rings.